The number of esters is 1. The minimum Gasteiger partial charge on any atom is -0.493 e. The largest absolute Gasteiger partial charge is 0.493 e. The maximum atomic E-state index is 13.9. The Morgan fingerprint density at radius 3 is 2.39 bits per heavy atom. The van der Waals surface area contributed by atoms with Gasteiger partial charge < -0.3 is 14.2 Å². The number of nitro benzene ring substituents is 2. The number of nitro groups is 2. The normalized spacial score (nSPS) is 14.3. The molecule has 0 radical (unpaired) electrons. The van der Waals surface area contributed by atoms with Gasteiger partial charge >= 0.3 is 11.7 Å². The molecular weight excluding hydrogens is 636 g/mol. The average Bonchev–Trinajstić information content (AvgIpc) is 3.34. The van der Waals surface area contributed by atoms with Crippen LogP contribution in [0.1, 0.15) is 31.0 Å². The summed E-state index contributed by atoms with van der Waals surface area (Å²) in [6.07, 6.45) is 3.60. The number of rotatable bonds is 10. The predicted molar refractivity (Wildman–Crippen MR) is 171 cm³/mol. The molecular formula is C31H26N4O9S2. The van der Waals surface area contributed by atoms with Crippen molar-refractivity contribution in [2.24, 2.45) is 4.99 Å². The van der Waals surface area contributed by atoms with Crippen molar-refractivity contribution in [3.63, 3.8) is 0 Å². The van der Waals surface area contributed by atoms with Crippen LogP contribution in [0.4, 0.5) is 11.4 Å². The van der Waals surface area contributed by atoms with Crippen molar-refractivity contribution in [1.82, 2.24) is 4.57 Å². The summed E-state index contributed by atoms with van der Waals surface area (Å²) in [6, 6.07) is 14.6. The molecule has 1 aliphatic heterocycles. The summed E-state index contributed by atoms with van der Waals surface area (Å²) in [5, 5.41) is 22.7. The van der Waals surface area contributed by atoms with Crippen LogP contribution in [0.3, 0.4) is 0 Å². The lowest BCUT2D eigenvalue weighted by atomic mass is 9.96. The van der Waals surface area contributed by atoms with Crippen LogP contribution in [-0.4, -0.2) is 40.4 Å². The van der Waals surface area contributed by atoms with Crippen LogP contribution < -0.4 is 24.4 Å². The number of nitrogens with zero attached hydrogens (tertiary/aromatic N) is 4. The van der Waals surface area contributed by atoms with Gasteiger partial charge in [-0.2, -0.15) is 0 Å². The van der Waals surface area contributed by atoms with Crippen LogP contribution >= 0.6 is 23.1 Å². The highest BCUT2D eigenvalue weighted by Crippen LogP contribution is 2.38. The summed E-state index contributed by atoms with van der Waals surface area (Å²) in [7, 11) is 1.38. The van der Waals surface area contributed by atoms with E-state index >= 15 is 0 Å². The first-order chi connectivity index (χ1) is 22.1. The van der Waals surface area contributed by atoms with Crippen molar-refractivity contribution < 1.29 is 28.9 Å². The number of thiazole rings is 1. The summed E-state index contributed by atoms with van der Waals surface area (Å²) in [6.45, 7) is 3.59. The zero-order chi connectivity index (χ0) is 33.1. The number of carbonyl (C=O) groups excluding carboxylic acids is 1. The van der Waals surface area contributed by atoms with Gasteiger partial charge in [-0.25, -0.2) is 9.79 Å². The number of thioether (sulfide) groups is 1. The molecule has 1 aromatic heterocycles. The van der Waals surface area contributed by atoms with Gasteiger partial charge in [-0.05, 0) is 67.6 Å². The van der Waals surface area contributed by atoms with Gasteiger partial charge in [-0.1, -0.05) is 29.5 Å². The molecule has 3 aromatic carbocycles. The first-order valence-corrected chi connectivity index (χ1v) is 15.7. The van der Waals surface area contributed by atoms with Crippen LogP contribution in [0.15, 0.2) is 86.6 Å². The number of hydrogen-bond acceptors (Lipinski definition) is 12. The fraction of sp³-hybridized carbons (Fsp3) is 0.194. The van der Waals surface area contributed by atoms with Crippen molar-refractivity contribution >= 4 is 46.5 Å². The lowest BCUT2D eigenvalue weighted by molar-refractivity contribution is -0.394. The predicted octanol–water partition coefficient (Wildman–Crippen LogP) is 5.14. The van der Waals surface area contributed by atoms with Crippen molar-refractivity contribution in [2.75, 3.05) is 20.0 Å². The summed E-state index contributed by atoms with van der Waals surface area (Å²) in [5.41, 5.74) is 0.608. The Labute approximate surface area is 269 Å². The third-order valence-corrected chi connectivity index (χ3v) is 8.73. The molecule has 13 nitrogen and oxygen atoms in total. The Morgan fingerprint density at radius 1 is 1.04 bits per heavy atom. The minimum atomic E-state index is -0.775. The first kappa shape index (κ1) is 32.1. The van der Waals surface area contributed by atoms with Gasteiger partial charge in [-0.3, -0.25) is 29.6 Å². The van der Waals surface area contributed by atoms with Gasteiger partial charge in [-0.15, -0.1) is 11.8 Å². The van der Waals surface area contributed by atoms with Crippen LogP contribution in [0.5, 0.6) is 17.2 Å². The van der Waals surface area contributed by atoms with E-state index in [-0.39, 0.29) is 35.0 Å². The standard InChI is InChI=1S/C31H26N4O9S2/c1-5-43-30(37)27-17(2)32-31-33(28(27)19-7-10-21(45-4)11-8-19)29(36)26(46-31)15-18-6-12-24(25(14-18)42-3)44-23-13-9-20(34(38)39)16-22(23)35(40)41/h6-16,28H,5H2,1-4H3/b26-15-/t28-/m1/s1. The Kier molecular flexibility index (Phi) is 9.34. The smallest absolute Gasteiger partial charge is 0.338 e. The van der Waals surface area contributed by atoms with E-state index in [1.54, 1.807) is 43.8 Å². The maximum absolute atomic E-state index is 13.9. The average molecular weight is 663 g/mol. The number of fused-ring (bicyclic) bond motifs is 1. The minimum absolute atomic E-state index is 0.112. The Hall–Kier alpha value is -5.28. The SMILES string of the molecule is CCOC(=O)C1=C(C)N=c2s/c(=C\c3ccc(Oc4ccc([N+](=O)[O-])cc4[N+](=O)[O-])c(OC)c3)c(=O)n2[C@@H]1c1ccc(SC)cc1. The summed E-state index contributed by atoms with van der Waals surface area (Å²) >= 11 is 2.73. The second kappa shape index (κ2) is 13.4. The van der Waals surface area contributed by atoms with Crippen molar-refractivity contribution in [3.05, 3.63) is 123 Å². The molecule has 15 heteroatoms. The molecule has 1 atom stereocenters. The number of benzene rings is 3. The number of non-ortho nitro benzene ring substituents is 1. The topological polar surface area (TPSA) is 165 Å². The molecule has 0 aliphatic carbocycles. The van der Waals surface area contributed by atoms with Crippen LogP contribution in [0.25, 0.3) is 6.08 Å². The lowest BCUT2D eigenvalue weighted by Crippen LogP contribution is -2.39. The molecule has 0 amide bonds. The van der Waals surface area contributed by atoms with Crippen molar-refractivity contribution in [1.29, 1.82) is 0 Å². The maximum Gasteiger partial charge on any atom is 0.338 e. The fourth-order valence-corrected chi connectivity index (χ4v) is 6.32. The van der Waals surface area contributed by atoms with Gasteiger partial charge in [0, 0.05) is 11.0 Å². The fourth-order valence-electron chi connectivity index (χ4n) is 4.87. The second-order valence-electron chi connectivity index (χ2n) is 9.75. The molecule has 0 saturated heterocycles. The van der Waals surface area contributed by atoms with Crippen molar-refractivity contribution in [3.8, 4) is 17.2 Å². The number of methoxy groups -OCH3 is 1. The molecule has 0 fully saturated rings. The van der Waals surface area contributed by atoms with E-state index in [2.05, 4.69) is 4.99 Å². The summed E-state index contributed by atoms with van der Waals surface area (Å²) in [4.78, 5) is 54.2. The molecule has 0 N–H and O–H groups in total. The van der Waals surface area contributed by atoms with Crippen LogP contribution in [0, 0.1) is 20.2 Å². The molecule has 236 valence electrons. The van der Waals surface area contributed by atoms with E-state index < -0.39 is 33.2 Å². The number of hydrogen-bond donors (Lipinski definition) is 0. The summed E-state index contributed by atoms with van der Waals surface area (Å²) in [5.74, 6) is -0.457. The lowest BCUT2D eigenvalue weighted by Gasteiger charge is -2.24. The van der Waals surface area contributed by atoms with Gasteiger partial charge in [0.05, 0.1) is 51.5 Å². The molecule has 5 rings (SSSR count). The number of carbonyl (C=O) groups is 1. The molecule has 2 heterocycles. The Balaban J connectivity index is 1.57. The quantitative estimate of drug-likeness (QED) is 0.0961. The van der Waals surface area contributed by atoms with Gasteiger partial charge in [0.25, 0.3) is 11.2 Å². The van der Waals surface area contributed by atoms with E-state index in [1.807, 2.05) is 30.5 Å². The zero-order valence-electron chi connectivity index (χ0n) is 24.9. The Morgan fingerprint density at radius 2 is 1.76 bits per heavy atom. The highest BCUT2D eigenvalue weighted by molar-refractivity contribution is 7.98. The van der Waals surface area contributed by atoms with Gasteiger partial charge in [0.15, 0.2) is 16.3 Å². The second-order valence-corrected chi connectivity index (χ2v) is 11.6. The highest BCUT2D eigenvalue weighted by Gasteiger charge is 2.33. The first-order valence-electron chi connectivity index (χ1n) is 13.7. The van der Waals surface area contributed by atoms with Crippen LogP contribution in [-0.2, 0) is 9.53 Å². The van der Waals surface area contributed by atoms with E-state index in [0.29, 0.717) is 20.6 Å². The third-order valence-electron chi connectivity index (χ3n) is 7.00. The molecule has 0 bridgehead atoms. The highest BCUT2D eigenvalue weighted by atomic mass is 32.2. The Bertz CT molecular complexity index is 2090. The molecule has 4 aromatic rings. The molecule has 0 unspecified atom stereocenters. The number of ether oxygens (including phenoxy) is 3. The molecule has 1 aliphatic rings. The molecule has 0 saturated carbocycles. The number of aromatic nitrogens is 1. The van der Waals surface area contributed by atoms with E-state index in [4.69, 9.17) is 14.2 Å². The van der Waals surface area contributed by atoms with E-state index in [1.165, 1.54) is 17.7 Å². The van der Waals surface area contributed by atoms with Crippen LogP contribution in [0.2, 0.25) is 0 Å². The van der Waals surface area contributed by atoms with E-state index in [0.717, 1.165) is 40.0 Å². The molecule has 0 spiro atoms. The van der Waals surface area contributed by atoms with Gasteiger partial charge in [0.1, 0.15) is 0 Å². The monoisotopic (exact) mass is 662 g/mol. The summed E-state index contributed by atoms with van der Waals surface area (Å²) < 4.78 is 18.4. The zero-order valence-corrected chi connectivity index (χ0v) is 26.5. The van der Waals surface area contributed by atoms with Crippen molar-refractivity contribution in [2.45, 2.75) is 24.8 Å². The molecule has 46 heavy (non-hydrogen) atoms. The third kappa shape index (κ3) is 6.27. The number of allylic oxidation sites excluding steroid dienone is 1. The van der Waals surface area contributed by atoms with E-state index in [9.17, 15) is 29.8 Å². The van der Waals surface area contributed by atoms with Gasteiger partial charge in [0.2, 0.25) is 5.75 Å².